The Bertz CT molecular complexity index is 957. The summed E-state index contributed by atoms with van der Waals surface area (Å²) >= 11 is 0. The van der Waals surface area contributed by atoms with Crippen LogP contribution in [0.2, 0.25) is 0 Å². The molecule has 1 aromatic heterocycles. The number of hydrogen-bond donors (Lipinski definition) is 2. The van der Waals surface area contributed by atoms with Crippen LogP contribution in [-0.2, 0) is 19.4 Å². The Morgan fingerprint density at radius 1 is 1.10 bits per heavy atom. The van der Waals surface area contributed by atoms with Gasteiger partial charge in [0.25, 0.3) is 0 Å². The third kappa shape index (κ3) is 5.80. The van der Waals surface area contributed by atoms with Crippen LogP contribution in [0.5, 0.6) is 0 Å². The van der Waals surface area contributed by atoms with E-state index < -0.39 is 9.84 Å². The summed E-state index contributed by atoms with van der Waals surface area (Å²) in [5, 5.41) is 5.02. The number of nitrogens with one attached hydrogen (secondary N) is 2. The van der Waals surface area contributed by atoms with Crippen LogP contribution in [0, 0.1) is 0 Å². The SMILES string of the molecule is O=C(/C=C/c1ccco1)NCCC(=O)Nc1ccc(S(=O)(=O)C2CCCC2)cc1. The molecule has 1 fully saturated rings. The molecule has 1 aromatic carbocycles. The van der Waals surface area contributed by atoms with Gasteiger partial charge in [0.05, 0.1) is 16.4 Å². The van der Waals surface area contributed by atoms with E-state index in [0.717, 1.165) is 12.8 Å². The van der Waals surface area contributed by atoms with Gasteiger partial charge in [-0.05, 0) is 55.3 Å². The van der Waals surface area contributed by atoms with Crippen LogP contribution in [0.4, 0.5) is 5.69 Å². The minimum absolute atomic E-state index is 0.0997. The highest BCUT2D eigenvalue weighted by atomic mass is 32.2. The summed E-state index contributed by atoms with van der Waals surface area (Å²) in [4.78, 5) is 24.0. The van der Waals surface area contributed by atoms with Gasteiger partial charge in [-0.3, -0.25) is 9.59 Å². The predicted molar refractivity (Wildman–Crippen MR) is 110 cm³/mol. The maximum atomic E-state index is 12.6. The molecule has 2 N–H and O–H groups in total. The van der Waals surface area contributed by atoms with Crippen molar-refractivity contribution in [3.8, 4) is 0 Å². The lowest BCUT2D eigenvalue weighted by Crippen LogP contribution is -2.26. The van der Waals surface area contributed by atoms with E-state index in [0.29, 0.717) is 24.3 Å². The van der Waals surface area contributed by atoms with Crippen molar-refractivity contribution in [2.75, 3.05) is 11.9 Å². The number of carbonyl (C=O) groups is 2. The zero-order valence-electron chi connectivity index (χ0n) is 16.0. The van der Waals surface area contributed by atoms with Crippen LogP contribution in [-0.4, -0.2) is 32.0 Å². The molecule has 0 radical (unpaired) electrons. The number of benzene rings is 1. The lowest BCUT2D eigenvalue weighted by Gasteiger charge is -2.12. The second kappa shape index (κ2) is 9.56. The summed E-state index contributed by atoms with van der Waals surface area (Å²) in [6, 6.07) is 9.68. The van der Waals surface area contributed by atoms with Gasteiger partial charge in [0.1, 0.15) is 5.76 Å². The molecule has 7 nitrogen and oxygen atoms in total. The zero-order chi connectivity index (χ0) is 20.7. The molecule has 1 saturated carbocycles. The Hall–Kier alpha value is -2.87. The quantitative estimate of drug-likeness (QED) is 0.643. The van der Waals surface area contributed by atoms with E-state index in [2.05, 4.69) is 10.6 Å². The standard InChI is InChI=1S/C21H24N2O5S/c24-20(12-9-17-4-3-15-28-17)22-14-13-21(25)23-16-7-10-19(11-8-16)29(26,27)18-5-1-2-6-18/h3-4,7-12,15,18H,1-2,5-6,13-14H2,(H,22,24)(H,23,25)/b12-9+. The molecule has 2 amide bonds. The first-order valence-corrected chi connectivity index (χ1v) is 11.1. The summed E-state index contributed by atoms with van der Waals surface area (Å²) in [6.07, 6.45) is 7.81. The van der Waals surface area contributed by atoms with Crippen molar-refractivity contribution >= 4 is 33.4 Å². The molecule has 0 unspecified atom stereocenters. The highest BCUT2D eigenvalue weighted by Crippen LogP contribution is 2.30. The van der Waals surface area contributed by atoms with Crippen LogP contribution < -0.4 is 10.6 Å². The van der Waals surface area contributed by atoms with Crippen molar-refractivity contribution in [1.82, 2.24) is 5.32 Å². The first-order chi connectivity index (χ1) is 13.9. The Balaban J connectivity index is 1.44. The topological polar surface area (TPSA) is 105 Å². The number of hydrogen-bond acceptors (Lipinski definition) is 5. The van der Waals surface area contributed by atoms with Crippen LogP contribution in [0.3, 0.4) is 0 Å². The number of carbonyl (C=O) groups excluding carboxylic acids is 2. The fourth-order valence-electron chi connectivity index (χ4n) is 3.24. The molecule has 154 valence electrons. The lowest BCUT2D eigenvalue weighted by atomic mass is 10.3. The van der Waals surface area contributed by atoms with E-state index in [1.54, 1.807) is 24.3 Å². The molecule has 0 saturated heterocycles. The van der Waals surface area contributed by atoms with Gasteiger partial charge in [-0.25, -0.2) is 8.42 Å². The third-order valence-electron chi connectivity index (χ3n) is 4.80. The van der Waals surface area contributed by atoms with Crippen molar-refractivity contribution in [3.05, 3.63) is 54.5 Å². The molecule has 8 heteroatoms. The average molecular weight is 416 g/mol. The molecule has 0 bridgehead atoms. The number of amides is 2. The van der Waals surface area contributed by atoms with Crippen molar-refractivity contribution < 1.29 is 22.4 Å². The minimum Gasteiger partial charge on any atom is -0.465 e. The van der Waals surface area contributed by atoms with Crippen LogP contribution in [0.1, 0.15) is 37.9 Å². The Labute approximate surface area is 170 Å². The molecule has 29 heavy (non-hydrogen) atoms. The van der Waals surface area contributed by atoms with E-state index in [1.807, 2.05) is 0 Å². The summed E-state index contributed by atoms with van der Waals surface area (Å²) in [7, 11) is -3.30. The predicted octanol–water partition coefficient (Wildman–Crippen LogP) is 3.15. The van der Waals surface area contributed by atoms with E-state index in [9.17, 15) is 18.0 Å². The van der Waals surface area contributed by atoms with E-state index in [-0.39, 0.29) is 34.9 Å². The first-order valence-electron chi connectivity index (χ1n) is 9.58. The molecule has 0 atom stereocenters. The second-order valence-electron chi connectivity index (χ2n) is 6.91. The maximum Gasteiger partial charge on any atom is 0.244 e. The van der Waals surface area contributed by atoms with E-state index in [4.69, 9.17) is 4.42 Å². The summed E-state index contributed by atoms with van der Waals surface area (Å²) in [5.74, 6) is -0.0290. The van der Waals surface area contributed by atoms with Crippen LogP contribution in [0.25, 0.3) is 6.08 Å². The molecule has 0 spiro atoms. The Morgan fingerprint density at radius 3 is 2.48 bits per heavy atom. The fraction of sp³-hybridized carbons (Fsp3) is 0.333. The molecule has 0 aliphatic heterocycles. The van der Waals surface area contributed by atoms with E-state index >= 15 is 0 Å². The molecular formula is C21H24N2O5S. The smallest absolute Gasteiger partial charge is 0.244 e. The van der Waals surface area contributed by atoms with Gasteiger partial charge in [-0.15, -0.1) is 0 Å². The van der Waals surface area contributed by atoms with Gasteiger partial charge in [0, 0.05) is 24.7 Å². The van der Waals surface area contributed by atoms with Crippen molar-refractivity contribution in [2.24, 2.45) is 0 Å². The van der Waals surface area contributed by atoms with Crippen molar-refractivity contribution in [2.45, 2.75) is 42.2 Å². The van der Waals surface area contributed by atoms with Crippen molar-refractivity contribution in [1.29, 1.82) is 0 Å². The van der Waals surface area contributed by atoms with Crippen molar-refractivity contribution in [3.63, 3.8) is 0 Å². The highest BCUT2D eigenvalue weighted by molar-refractivity contribution is 7.92. The van der Waals surface area contributed by atoms with Crippen LogP contribution in [0.15, 0.2) is 58.1 Å². The van der Waals surface area contributed by atoms with Crippen LogP contribution >= 0.6 is 0 Å². The van der Waals surface area contributed by atoms with Gasteiger partial charge < -0.3 is 15.1 Å². The van der Waals surface area contributed by atoms with Gasteiger partial charge in [-0.2, -0.15) is 0 Å². The van der Waals surface area contributed by atoms with Gasteiger partial charge in [0.15, 0.2) is 9.84 Å². The molecular weight excluding hydrogens is 392 g/mol. The molecule has 1 aliphatic rings. The number of furan rings is 1. The Kier molecular flexibility index (Phi) is 6.87. The number of rotatable bonds is 8. The highest BCUT2D eigenvalue weighted by Gasteiger charge is 2.30. The summed E-state index contributed by atoms with van der Waals surface area (Å²) < 4.78 is 30.2. The zero-order valence-corrected chi connectivity index (χ0v) is 16.8. The number of sulfone groups is 1. The largest absolute Gasteiger partial charge is 0.465 e. The van der Waals surface area contributed by atoms with E-state index in [1.165, 1.54) is 30.5 Å². The average Bonchev–Trinajstić information content (AvgIpc) is 3.41. The molecule has 1 aliphatic carbocycles. The van der Waals surface area contributed by atoms with Gasteiger partial charge >= 0.3 is 0 Å². The third-order valence-corrected chi connectivity index (χ3v) is 7.08. The maximum absolute atomic E-state index is 12.6. The monoisotopic (exact) mass is 416 g/mol. The molecule has 3 rings (SSSR count). The summed E-state index contributed by atoms with van der Waals surface area (Å²) in [6.45, 7) is 0.182. The number of anilines is 1. The second-order valence-corrected chi connectivity index (χ2v) is 9.14. The minimum atomic E-state index is -3.30. The van der Waals surface area contributed by atoms with Gasteiger partial charge in [-0.1, -0.05) is 12.8 Å². The van der Waals surface area contributed by atoms with Gasteiger partial charge in [0.2, 0.25) is 11.8 Å². The molecule has 1 heterocycles. The fourth-order valence-corrected chi connectivity index (χ4v) is 5.10. The summed E-state index contributed by atoms with van der Waals surface area (Å²) in [5.41, 5.74) is 0.518. The molecule has 2 aromatic rings. The first kappa shape index (κ1) is 20.9. The lowest BCUT2D eigenvalue weighted by molar-refractivity contribution is -0.117. The Morgan fingerprint density at radius 2 is 1.83 bits per heavy atom. The normalized spacial score (nSPS) is 14.9.